The van der Waals surface area contributed by atoms with Gasteiger partial charge in [0.15, 0.2) is 0 Å². The number of nitrogens with zero attached hydrogens (tertiary/aromatic N) is 2. The Morgan fingerprint density at radius 3 is 2.61 bits per heavy atom. The van der Waals surface area contributed by atoms with Crippen LogP contribution in [0, 0.1) is 5.92 Å². The van der Waals surface area contributed by atoms with Crippen LogP contribution in [0.4, 0.5) is 11.6 Å². The average Bonchev–Trinajstić information content (AvgIpc) is 3.21. The number of hydrogen-bond acceptors (Lipinski definition) is 5. The highest BCUT2D eigenvalue weighted by Gasteiger charge is 2.25. The van der Waals surface area contributed by atoms with Crippen LogP contribution < -0.4 is 16.6 Å². The Morgan fingerprint density at radius 2 is 2.06 bits per heavy atom. The van der Waals surface area contributed by atoms with Gasteiger partial charge in [-0.3, -0.25) is 0 Å². The van der Waals surface area contributed by atoms with Crippen LogP contribution >= 0.6 is 0 Å². The molecular formula is C13H23N5. The molecule has 2 rings (SSSR count). The molecule has 5 heteroatoms. The lowest BCUT2D eigenvalue weighted by Gasteiger charge is -2.20. The van der Waals surface area contributed by atoms with E-state index in [9.17, 15) is 0 Å². The van der Waals surface area contributed by atoms with Crippen LogP contribution in [0.5, 0.6) is 0 Å². The summed E-state index contributed by atoms with van der Waals surface area (Å²) in [5.41, 5.74) is 3.70. The Kier molecular flexibility index (Phi) is 4.36. The first kappa shape index (κ1) is 13.1. The summed E-state index contributed by atoms with van der Waals surface area (Å²) in [5, 5.41) is 3.55. The highest BCUT2D eigenvalue weighted by Crippen LogP contribution is 2.35. The summed E-state index contributed by atoms with van der Waals surface area (Å²) in [6, 6.07) is 0.503. The van der Waals surface area contributed by atoms with Crippen molar-refractivity contribution in [3.05, 3.63) is 11.9 Å². The molecule has 0 amide bonds. The second kappa shape index (κ2) is 6.00. The van der Waals surface area contributed by atoms with Crippen LogP contribution in [0.15, 0.2) is 6.33 Å². The molecule has 5 nitrogen and oxygen atoms in total. The van der Waals surface area contributed by atoms with Crippen LogP contribution in [0.1, 0.15) is 45.1 Å². The fourth-order valence-corrected chi connectivity index (χ4v) is 2.27. The first-order valence-corrected chi connectivity index (χ1v) is 6.85. The fourth-order valence-electron chi connectivity index (χ4n) is 2.27. The van der Waals surface area contributed by atoms with Crippen LogP contribution in [0.3, 0.4) is 0 Å². The standard InChI is InChI=1S/C13H23N5/c1-3-10(7-9-5-6-9)17-12-11(4-2)13(18-14)16-8-15-12/h8-10H,3-7,14H2,1-2H3,(H2,15,16,17,18). The molecule has 1 aliphatic carbocycles. The lowest BCUT2D eigenvalue weighted by Crippen LogP contribution is -2.22. The van der Waals surface area contributed by atoms with Crippen LogP contribution in [-0.4, -0.2) is 16.0 Å². The molecule has 0 aromatic carbocycles. The van der Waals surface area contributed by atoms with Gasteiger partial charge in [-0.25, -0.2) is 15.8 Å². The van der Waals surface area contributed by atoms with Crippen molar-refractivity contribution in [3.8, 4) is 0 Å². The van der Waals surface area contributed by atoms with E-state index < -0.39 is 0 Å². The largest absolute Gasteiger partial charge is 0.367 e. The summed E-state index contributed by atoms with van der Waals surface area (Å²) >= 11 is 0. The van der Waals surface area contributed by atoms with Gasteiger partial charge in [0, 0.05) is 11.6 Å². The molecule has 1 fully saturated rings. The van der Waals surface area contributed by atoms with E-state index in [1.165, 1.54) is 19.3 Å². The first-order valence-electron chi connectivity index (χ1n) is 6.85. The zero-order valence-corrected chi connectivity index (χ0v) is 11.2. The summed E-state index contributed by atoms with van der Waals surface area (Å²) in [6.45, 7) is 4.31. The second-order valence-corrected chi connectivity index (χ2v) is 4.98. The number of aromatic nitrogens is 2. The molecule has 1 heterocycles. The van der Waals surface area contributed by atoms with Gasteiger partial charge in [-0.05, 0) is 25.2 Å². The number of nitrogens with two attached hydrogens (primary N) is 1. The van der Waals surface area contributed by atoms with Gasteiger partial charge >= 0.3 is 0 Å². The SMILES string of the molecule is CCc1c(NN)ncnc1NC(CC)CC1CC1. The van der Waals surface area contributed by atoms with E-state index in [1.54, 1.807) is 6.33 Å². The first-order chi connectivity index (χ1) is 8.78. The minimum absolute atomic E-state index is 0.503. The third-order valence-corrected chi connectivity index (χ3v) is 3.58. The van der Waals surface area contributed by atoms with E-state index in [0.29, 0.717) is 6.04 Å². The van der Waals surface area contributed by atoms with E-state index in [4.69, 9.17) is 5.84 Å². The summed E-state index contributed by atoms with van der Waals surface area (Å²) in [4.78, 5) is 8.50. The molecule has 0 radical (unpaired) electrons. The van der Waals surface area contributed by atoms with E-state index in [1.807, 2.05) is 0 Å². The predicted molar refractivity (Wildman–Crippen MR) is 74.3 cm³/mol. The highest BCUT2D eigenvalue weighted by molar-refractivity contribution is 5.57. The normalized spacial score (nSPS) is 16.4. The van der Waals surface area contributed by atoms with Gasteiger partial charge in [0.25, 0.3) is 0 Å². The van der Waals surface area contributed by atoms with Crippen molar-refractivity contribution in [1.82, 2.24) is 9.97 Å². The van der Waals surface area contributed by atoms with Gasteiger partial charge in [-0.15, -0.1) is 0 Å². The maximum absolute atomic E-state index is 5.48. The Hall–Kier alpha value is -1.36. The van der Waals surface area contributed by atoms with Gasteiger partial charge in [0.05, 0.1) is 0 Å². The summed E-state index contributed by atoms with van der Waals surface area (Å²) in [5.74, 6) is 8.04. The zero-order valence-electron chi connectivity index (χ0n) is 11.2. The van der Waals surface area contributed by atoms with Crippen LogP contribution in [-0.2, 0) is 6.42 Å². The Balaban J connectivity index is 2.10. The molecule has 0 aliphatic heterocycles. The van der Waals surface area contributed by atoms with E-state index in [-0.39, 0.29) is 0 Å². The number of hydrogen-bond donors (Lipinski definition) is 3. The molecule has 1 saturated carbocycles. The maximum Gasteiger partial charge on any atom is 0.148 e. The topological polar surface area (TPSA) is 75.9 Å². The number of anilines is 2. The van der Waals surface area contributed by atoms with Crippen LogP contribution in [0.25, 0.3) is 0 Å². The summed E-state index contributed by atoms with van der Waals surface area (Å²) < 4.78 is 0. The summed E-state index contributed by atoms with van der Waals surface area (Å²) in [6.07, 6.45) is 7.56. The van der Waals surface area contributed by atoms with Crippen molar-refractivity contribution in [3.63, 3.8) is 0 Å². The molecule has 1 aromatic rings. The molecule has 0 saturated heterocycles. The third kappa shape index (κ3) is 3.10. The van der Waals surface area contributed by atoms with Gasteiger partial charge in [-0.2, -0.15) is 0 Å². The van der Waals surface area contributed by atoms with E-state index in [0.717, 1.165) is 36.0 Å². The van der Waals surface area contributed by atoms with Crippen molar-refractivity contribution < 1.29 is 0 Å². The molecule has 0 spiro atoms. The molecule has 1 unspecified atom stereocenters. The number of hydrazine groups is 1. The number of rotatable bonds is 7. The molecule has 1 atom stereocenters. The van der Waals surface area contributed by atoms with E-state index >= 15 is 0 Å². The minimum atomic E-state index is 0.503. The second-order valence-electron chi connectivity index (χ2n) is 4.98. The third-order valence-electron chi connectivity index (χ3n) is 3.58. The number of nitrogens with one attached hydrogen (secondary N) is 2. The lowest BCUT2D eigenvalue weighted by molar-refractivity contribution is 0.584. The van der Waals surface area contributed by atoms with Crippen molar-refractivity contribution >= 4 is 11.6 Å². The van der Waals surface area contributed by atoms with Gasteiger partial charge in [0.2, 0.25) is 0 Å². The average molecular weight is 249 g/mol. The van der Waals surface area contributed by atoms with Crippen molar-refractivity contribution in [2.24, 2.45) is 11.8 Å². The molecule has 4 N–H and O–H groups in total. The van der Waals surface area contributed by atoms with E-state index in [2.05, 4.69) is 34.6 Å². The van der Waals surface area contributed by atoms with Gasteiger partial charge in [0.1, 0.15) is 18.0 Å². The van der Waals surface area contributed by atoms with Crippen molar-refractivity contribution in [1.29, 1.82) is 0 Å². The molecule has 0 bridgehead atoms. The molecule has 1 aromatic heterocycles. The maximum atomic E-state index is 5.48. The summed E-state index contributed by atoms with van der Waals surface area (Å²) in [7, 11) is 0. The van der Waals surface area contributed by atoms with Gasteiger partial charge in [-0.1, -0.05) is 26.7 Å². The Bertz CT molecular complexity index is 389. The minimum Gasteiger partial charge on any atom is -0.367 e. The van der Waals surface area contributed by atoms with Gasteiger partial charge < -0.3 is 10.7 Å². The smallest absolute Gasteiger partial charge is 0.148 e. The molecular weight excluding hydrogens is 226 g/mol. The fraction of sp³-hybridized carbons (Fsp3) is 0.692. The molecule has 18 heavy (non-hydrogen) atoms. The van der Waals surface area contributed by atoms with Crippen LogP contribution in [0.2, 0.25) is 0 Å². The number of nitrogen functional groups attached to an aromatic ring is 1. The highest BCUT2D eigenvalue weighted by atomic mass is 15.3. The zero-order chi connectivity index (χ0) is 13.0. The molecule has 1 aliphatic rings. The monoisotopic (exact) mass is 249 g/mol. The lowest BCUT2D eigenvalue weighted by atomic mass is 10.1. The van der Waals surface area contributed by atoms with Crippen molar-refractivity contribution in [2.75, 3.05) is 10.7 Å². The predicted octanol–water partition coefficient (Wildman–Crippen LogP) is 2.32. The Morgan fingerprint density at radius 1 is 1.33 bits per heavy atom. The molecule has 100 valence electrons. The van der Waals surface area contributed by atoms with Crippen molar-refractivity contribution in [2.45, 2.75) is 52.0 Å². The quantitative estimate of drug-likeness (QED) is 0.510. The Labute approximate surface area is 109 Å².